The first-order valence-corrected chi connectivity index (χ1v) is 4.96. The van der Waals surface area contributed by atoms with Crippen molar-refractivity contribution in [1.29, 1.82) is 0 Å². The average Bonchev–Trinajstić information content (AvgIpc) is 2.03. The molecule has 1 rings (SSSR count). The predicted octanol–water partition coefficient (Wildman–Crippen LogP) is 2.61. The molecule has 1 heteroatoms. The van der Waals surface area contributed by atoms with Gasteiger partial charge in [-0.1, -0.05) is 32.9 Å². The van der Waals surface area contributed by atoms with Crippen molar-refractivity contribution in [2.45, 2.75) is 39.7 Å². The summed E-state index contributed by atoms with van der Waals surface area (Å²) in [6, 6.07) is 0. The van der Waals surface area contributed by atoms with Gasteiger partial charge in [-0.05, 0) is 24.7 Å². The van der Waals surface area contributed by atoms with Crippen molar-refractivity contribution in [2.75, 3.05) is 0 Å². The summed E-state index contributed by atoms with van der Waals surface area (Å²) in [5, 5.41) is 9.82. The number of hydrogen-bond acceptors (Lipinski definition) is 1. The molecule has 0 aromatic heterocycles. The summed E-state index contributed by atoms with van der Waals surface area (Å²) in [4.78, 5) is 0. The van der Waals surface area contributed by atoms with E-state index in [1.54, 1.807) is 0 Å². The van der Waals surface area contributed by atoms with Gasteiger partial charge in [0.1, 0.15) is 0 Å². The Bertz CT molecular complexity index is 160. The highest BCUT2D eigenvalue weighted by molar-refractivity contribution is 4.98. The summed E-state index contributed by atoms with van der Waals surface area (Å²) in [6.07, 6.45) is 6.58. The van der Waals surface area contributed by atoms with Crippen molar-refractivity contribution >= 4 is 0 Å². The van der Waals surface area contributed by atoms with E-state index >= 15 is 0 Å². The zero-order chi connectivity index (χ0) is 9.14. The number of allylic oxidation sites excluding steroid dienone is 1. The summed E-state index contributed by atoms with van der Waals surface area (Å²) >= 11 is 0. The van der Waals surface area contributed by atoms with Crippen LogP contribution in [0.5, 0.6) is 0 Å². The van der Waals surface area contributed by atoms with Gasteiger partial charge in [-0.2, -0.15) is 0 Å². The van der Waals surface area contributed by atoms with Gasteiger partial charge in [0.15, 0.2) is 0 Å². The molecule has 0 radical (unpaired) electrons. The second-order valence-corrected chi connectivity index (χ2v) is 4.40. The van der Waals surface area contributed by atoms with E-state index in [1.165, 1.54) is 6.42 Å². The van der Waals surface area contributed by atoms with Crippen LogP contribution in [-0.4, -0.2) is 11.2 Å². The van der Waals surface area contributed by atoms with Crippen LogP contribution in [-0.2, 0) is 0 Å². The largest absolute Gasteiger partial charge is 0.392 e. The molecular weight excluding hydrogens is 148 g/mol. The first kappa shape index (κ1) is 9.79. The van der Waals surface area contributed by atoms with Crippen LogP contribution in [0.2, 0.25) is 0 Å². The molecule has 0 amide bonds. The molecule has 1 nitrogen and oxygen atoms in total. The topological polar surface area (TPSA) is 20.2 Å². The van der Waals surface area contributed by atoms with Crippen LogP contribution in [0.4, 0.5) is 0 Å². The van der Waals surface area contributed by atoms with Gasteiger partial charge in [0.25, 0.3) is 0 Å². The van der Waals surface area contributed by atoms with Crippen LogP contribution in [0.25, 0.3) is 0 Å². The van der Waals surface area contributed by atoms with E-state index in [4.69, 9.17) is 0 Å². The SMILES string of the molecule is CC(C)[C@H](O)[C@@H]1C=CC[C@@H](C)C1. The second-order valence-electron chi connectivity index (χ2n) is 4.40. The molecule has 0 heterocycles. The van der Waals surface area contributed by atoms with Crippen molar-refractivity contribution in [3.05, 3.63) is 12.2 Å². The molecule has 70 valence electrons. The predicted molar refractivity (Wildman–Crippen MR) is 51.9 cm³/mol. The van der Waals surface area contributed by atoms with E-state index in [1.807, 2.05) is 0 Å². The fourth-order valence-corrected chi connectivity index (χ4v) is 1.87. The molecule has 0 aromatic rings. The van der Waals surface area contributed by atoms with Gasteiger partial charge in [0.05, 0.1) is 6.10 Å². The molecule has 0 saturated carbocycles. The Kier molecular flexibility index (Phi) is 3.33. The first-order chi connectivity index (χ1) is 5.61. The minimum Gasteiger partial charge on any atom is -0.392 e. The Morgan fingerprint density at radius 3 is 2.58 bits per heavy atom. The summed E-state index contributed by atoms with van der Waals surface area (Å²) in [5.74, 6) is 1.52. The number of rotatable bonds is 2. The van der Waals surface area contributed by atoms with Gasteiger partial charge >= 0.3 is 0 Å². The maximum absolute atomic E-state index is 9.82. The molecule has 0 saturated heterocycles. The summed E-state index contributed by atoms with van der Waals surface area (Å²) in [7, 11) is 0. The third-order valence-corrected chi connectivity index (χ3v) is 2.72. The van der Waals surface area contributed by atoms with Gasteiger partial charge in [0.2, 0.25) is 0 Å². The van der Waals surface area contributed by atoms with Crippen molar-refractivity contribution in [3.8, 4) is 0 Å². The summed E-state index contributed by atoms with van der Waals surface area (Å²) in [6.45, 7) is 6.42. The van der Waals surface area contributed by atoms with Crippen molar-refractivity contribution < 1.29 is 5.11 Å². The number of hydrogen-bond donors (Lipinski definition) is 1. The zero-order valence-corrected chi connectivity index (χ0v) is 8.33. The highest BCUT2D eigenvalue weighted by Crippen LogP contribution is 2.27. The lowest BCUT2D eigenvalue weighted by molar-refractivity contribution is 0.0717. The van der Waals surface area contributed by atoms with Gasteiger partial charge < -0.3 is 5.11 Å². The normalized spacial score (nSPS) is 32.4. The number of aliphatic hydroxyl groups is 1. The Balaban J connectivity index is 2.51. The molecule has 0 unspecified atom stereocenters. The van der Waals surface area contributed by atoms with Gasteiger partial charge in [-0.3, -0.25) is 0 Å². The van der Waals surface area contributed by atoms with E-state index in [2.05, 4.69) is 32.9 Å². The second kappa shape index (κ2) is 4.08. The minimum atomic E-state index is -0.149. The van der Waals surface area contributed by atoms with Crippen molar-refractivity contribution in [1.82, 2.24) is 0 Å². The minimum absolute atomic E-state index is 0.149. The Hall–Kier alpha value is -0.300. The lowest BCUT2D eigenvalue weighted by Gasteiger charge is -2.28. The fourth-order valence-electron chi connectivity index (χ4n) is 1.87. The van der Waals surface area contributed by atoms with Crippen LogP contribution >= 0.6 is 0 Å². The highest BCUT2D eigenvalue weighted by atomic mass is 16.3. The van der Waals surface area contributed by atoms with Gasteiger partial charge in [0, 0.05) is 5.92 Å². The Morgan fingerprint density at radius 2 is 2.08 bits per heavy atom. The van der Waals surface area contributed by atoms with E-state index in [0.717, 1.165) is 12.3 Å². The monoisotopic (exact) mass is 168 g/mol. The molecule has 1 aliphatic carbocycles. The van der Waals surface area contributed by atoms with Gasteiger partial charge in [-0.15, -0.1) is 0 Å². The third-order valence-electron chi connectivity index (χ3n) is 2.72. The van der Waals surface area contributed by atoms with Crippen molar-refractivity contribution in [3.63, 3.8) is 0 Å². The first-order valence-electron chi connectivity index (χ1n) is 4.96. The molecule has 1 aliphatic rings. The molecule has 12 heavy (non-hydrogen) atoms. The third kappa shape index (κ3) is 2.34. The smallest absolute Gasteiger partial charge is 0.0625 e. The van der Waals surface area contributed by atoms with E-state index in [9.17, 15) is 5.11 Å². The van der Waals surface area contributed by atoms with Crippen LogP contribution in [0.1, 0.15) is 33.6 Å². The zero-order valence-electron chi connectivity index (χ0n) is 8.33. The maximum Gasteiger partial charge on any atom is 0.0625 e. The molecule has 0 fully saturated rings. The van der Waals surface area contributed by atoms with Gasteiger partial charge in [-0.25, -0.2) is 0 Å². The van der Waals surface area contributed by atoms with E-state index in [0.29, 0.717) is 11.8 Å². The van der Waals surface area contributed by atoms with E-state index in [-0.39, 0.29) is 6.10 Å². The molecule has 0 aliphatic heterocycles. The molecular formula is C11H20O. The number of aliphatic hydroxyl groups excluding tert-OH is 1. The summed E-state index contributed by atoms with van der Waals surface area (Å²) in [5.41, 5.74) is 0. The summed E-state index contributed by atoms with van der Waals surface area (Å²) < 4.78 is 0. The fraction of sp³-hybridized carbons (Fsp3) is 0.818. The van der Waals surface area contributed by atoms with Crippen LogP contribution in [0.3, 0.4) is 0 Å². The molecule has 0 aromatic carbocycles. The quantitative estimate of drug-likeness (QED) is 0.628. The maximum atomic E-state index is 9.82. The Labute approximate surface area is 75.5 Å². The standard InChI is InChI=1S/C11H20O/c1-8(2)11(12)10-6-4-5-9(3)7-10/h4,6,8-12H,5,7H2,1-3H3/t9-,10-,11+/m1/s1. The highest BCUT2D eigenvalue weighted by Gasteiger charge is 2.23. The average molecular weight is 168 g/mol. The lowest BCUT2D eigenvalue weighted by atomic mass is 9.81. The van der Waals surface area contributed by atoms with Crippen molar-refractivity contribution in [2.24, 2.45) is 17.8 Å². The molecule has 3 atom stereocenters. The molecule has 1 N–H and O–H groups in total. The van der Waals surface area contributed by atoms with Crippen LogP contribution in [0, 0.1) is 17.8 Å². The lowest BCUT2D eigenvalue weighted by Crippen LogP contribution is -2.27. The Morgan fingerprint density at radius 1 is 1.42 bits per heavy atom. The molecule has 0 spiro atoms. The van der Waals surface area contributed by atoms with Crippen LogP contribution in [0.15, 0.2) is 12.2 Å². The van der Waals surface area contributed by atoms with E-state index < -0.39 is 0 Å². The van der Waals surface area contributed by atoms with Crippen LogP contribution < -0.4 is 0 Å². The molecule has 0 bridgehead atoms.